The Morgan fingerprint density at radius 3 is 2.85 bits per heavy atom. The monoisotopic (exact) mass is 302 g/mol. The van der Waals surface area contributed by atoms with E-state index in [1.807, 2.05) is 6.08 Å². The minimum absolute atomic E-state index is 0. The number of carbonyl (C=O) groups excluding carboxylic acids is 1. The number of carbonyl (C=O) groups is 1. The summed E-state index contributed by atoms with van der Waals surface area (Å²) < 4.78 is 26.4. The fraction of sp³-hybridized carbons (Fsp3) is 0.357. The van der Waals surface area contributed by atoms with Crippen LogP contribution in [-0.4, -0.2) is 25.5 Å². The van der Waals surface area contributed by atoms with Crippen LogP contribution in [0.5, 0.6) is 0 Å². The molecule has 0 aromatic heterocycles. The highest BCUT2D eigenvalue weighted by Crippen LogP contribution is 2.12. The summed E-state index contributed by atoms with van der Waals surface area (Å²) in [6.45, 7) is 2.18. The Bertz CT molecular complexity index is 506. The molecule has 1 aliphatic heterocycles. The Balaban J connectivity index is 0.00000200. The van der Waals surface area contributed by atoms with Crippen LogP contribution in [0.15, 0.2) is 29.8 Å². The second-order valence-electron chi connectivity index (χ2n) is 4.48. The lowest BCUT2D eigenvalue weighted by Gasteiger charge is -2.14. The lowest BCUT2D eigenvalue weighted by molar-refractivity contribution is -0.120. The van der Waals surface area contributed by atoms with Gasteiger partial charge in [0.1, 0.15) is 0 Å². The van der Waals surface area contributed by atoms with E-state index in [-0.39, 0.29) is 30.3 Å². The van der Waals surface area contributed by atoms with Crippen LogP contribution in [0.2, 0.25) is 0 Å². The number of rotatable bonds is 4. The summed E-state index contributed by atoms with van der Waals surface area (Å²) in [5, 5.41) is 5.90. The summed E-state index contributed by atoms with van der Waals surface area (Å²) in [7, 11) is 0. The van der Waals surface area contributed by atoms with Gasteiger partial charge in [0.25, 0.3) is 0 Å². The molecule has 0 aliphatic carbocycles. The molecule has 0 radical (unpaired) electrons. The highest BCUT2D eigenvalue weighted by molar-refractivity contribution is 5.85. The zero-order valence-electron chi connectivity index (χ0n) is 10.9. The van der Waals surface area contributed by atoms with Gasteiger partial charge in [0.2, 0.25) is 5.91 Å². The van der Waals surface area contributed by atoms with Crippen LogP contribution in [0, 0.1) is 11.6 Å². The van der Waals surface area contributed by atoms with Crippen LogP contribution < -0.4 is 10.6 Å². The number of hydrogen-bond acceptors (Lipinski definition) is 2. The van der Waals surface area contributed by atoms with E-state index >= 15 is 0 Å². The molecule has 3 nitrogen and oxygen atoms in total. The van der Waals surface area contributed by atoms with Crippen molar-refractivity contribution < 1.29 is 13.6 Å². The normalized spacial score (nSPS) is 14.2. The predicted molar refractivity (Wildman–Crippen MR) is 75.9 cm³/mol. The van der Waals surface area contributed by atoms with E-state index in [2.05, 4.69) is 10.6 Å². The van der Waals surface area contributed by atoms with Gasteiger partial charge in [-0.2, -0.15) is 0 Å². The third kappa shape index (κ3) is 4.58. The number of amides is 1. The fourth-order valence-electron chi connectivity index (χ4n) is 1.96. The minimum atomic E-state index is -0.946. The van der Waals surface area contributed by atoms with E-state index in [1.165, 1.54) is 12.1 Å². The van der Waals surface area contributed by atoms with Crippen molar-refractivity contribution in [2.24, 2.45) is 0 Å². The molecule has 1 heterocycles. The molecule has 1 amide bonds. The Morgan fingerprint density at radius 1 is 1.35 bits per heavy atom. The summed E-state index contributed by atoms with van der Waals surface area (Å²) in [5.74, 6) is -2.17. The Hall–Kier alpha value is -1.46. The van der Waals surface area contributed by atoms with Crippen LogP contribution in [0.25, 0.3) is 0 Å². The average molecular weight is 303 g/mol. The van der Waals surface area contributed by atoms with Gasteiger partial charge in [0, 0.05) is 18.7 Å². The minimum Gasteiger partial charge on any atom is -0.352 e. The first-order chi connectivity index (χ1) is 9.16. The van der Waals surface area contributed by atoms with Gasteiger partial charge in [-0.25, -0.2) is 8.78 Å². The van der Waals surface area contributed by atoms with Crippen molar-refractivity contribution in [3.8, 4) is 0 Å². The van der Waals surface area contributed by atoms with Gasteiger partial charge in [-0.05, 0) is 19.0 Å². The first kappa shape index (κ1) is 16.6. The molecule has 0 spiro atoms. The van der Waals surface area contributed by atoms with Gasteiger partial charge in [-0.15, -0.1) is 12.4 Å². The molecule has 1 aromatic rings. The summed E-state index contributed by atoms with van der Waals surface area (Å²) >= 11 is 0. The van der Waals surface area contributed by atoms with Crippen molar-refractivity contribution >= 4 is 18.3 Å². The van der Waals surface area contributed by atoms with Gasteiger partial charge in [-0.1, -0.05) is 23.8 Å². The molecule has 0 unspecified atom stereocenters. The zero-order valence-corrected chi connectivity index (χ0v) is 11.7. The molecule has 0 saturated heterocycles. The molecule has 110 valence electrons. The molecule has 1 aromatic carbocycles. The smallest absolute Gasteiger partial charge is 0.224 e. The van der Waals surface area contributed by atoms with Crippen LogP contribution >= 0.6 is 12.4 Å². The molecule has 2 N–H and O–H groups in total. The van der Waals surface area contributed by atoms with Crippen molar-refractivity contribution in [1.29, 1.82) is 0 Å². The lowest BCUT2D eigenvalue weighted by atomic mass is 10.1. The molecule has 20 heavy (non-hydrogen) atoms. The summed E-state index contributed by atoms with van der Waals surface area (Å²) in [4.78, 5) is 11.7. The molecule has 6 heteroatoms. The zero-order chi connectivity index (χ0) is 13.7. The molecular weight excluding hydrogens is 286 g/mol. The van der Waals surface area contributed by atoms with E-state index < -0.39 is 11.6 Å². The number of benzene rings is 1. The summed E-state index contributed by atoms with van der Waals surface area (Å²) in [6, 6.07) is 3.86. The van der Waals surface area contributed by atoms with Gasteiger partial charge in [0.05, 0.1) is 6.42 Å². The molecule has 1 aliphatic rings. The van der Waals surface area contributed by atoms with E-state index in [0.29, 0.717) is 6.54 Å². The number of nitrogens with one attached hydrogen (secondary N) is 2. The predicted octanol–water partition coefficient (Wildman–Crippen LogP) is 1.97. The third-order valence-electron chi connectivity index (χ3n) is 3.05. The van der Waals surface area contributed by atoms with Crippen molar-refractivity contribution in [2.75, 3.05) is 19.6 Å². The van der Waals surface area contributed by atoms with E-state index in [9.17, 15) is 13.6 Å². The maximum absolute atomic E-state index is 13.4. The fourth-order valence-corrected chi connectivity index (χ4v) is 1.96. The van der Waals surface area contributed by atoms with Gasteiger partial charge in [0.15, 0.2) is 11.6 Å². The van der Waals surface area contributed by atoms with Crippen molar-refractivity contribution in [1.82, 2.24) is 10.6 Å². The number of hydrogen-bond donors (Lipinski definition) is 2. The molecular formula is C14H17ClF2N2O. The Kier molecular flexibility index (Phi) is 6.61. The SMILES string of the molecule is Cl.O=C(Cc1cccc(F)c1F)NCC1=CCNCC1. The van der Waals surface area contributed by atoms with E-state index in [1.54, 1.807) is 0 Å². The highest BCUT2D eigenvalue weighted by Gasteiger charge is 2.12. The topological polar surface area (TPSA) is 41.1 Å². The first-order valence-electron chi connectivity index (χ1n) is 6.25. The largest absolute Gasteiger partial charge is 0.352 e. The summed E-state index contributed by atoms with van der Waals surface area (Å²) in [5.41, 5.74) is 1.24. The van der Waals surface area contributed by atoms with Gasteiger partial charge >= 0.3 is 0 Å². The average Bonchev–Trinajstić information content (AvgIpc) is 2.43. The van der Waals surface area contributed by atoms with Crippen LogP contribution in [0.3, 0.4) is 0 Å². The van der Waals surface area contributed by atoms with Crippen molar-refractivity contribution in [2.45, 2.75) is 12.8 Å². The first-order valence-corrected chi connectivity index (χ1v) is 6.25. The second kappa shape index (κ2) is 7.97. The lowest BCUT2D eigenvalue weighted by Crippen LogP contribution is -2.30. The maximum Gasteiger partial charge on any atom is 0.224 e. The highest BCUT2D eigenvalue weighted by atomic mass is 35.5. The molecule has 0 fully saturated rings. The molecule has 0 atom stereocenters. The van der Waals surface area contributed by atoms with Crippen molar-refractivity contribution in [3.05, 3.63) is 47.0 Å². The molecule has 0 saturated carbocycles. The van der Waals surface area contributed by atoms with E-state index in [4.69, 9.17) is 0 Å². The van der Waals surface area contributed by atoms with Gasteiger partial charge < -0.3 is 10.6 Å². The molecule has 2 rings (SSSR count). The quantitative estimate of drug-likeness (QED) is 0.835. The van der Waals surface area contributed by atoms with Crippen molar-refractivity contribution in [3.63, 3.8) is 0 Å². The van der Waals surface area contributed by atoms with E-state index in [0.717, 1.165) is 31.1 Å². The summed E-state index contributed by atoms with van der Waals surface area (Å²) in [6.07, 6.45) is 2.79. The van der Waals surface area contributed by atoms with Crippen LogP contribution in [0.4, 0.5) is 8.78 Å². The standard InChI is InChI=1S/C14H16F2N2O.ClH/c15-12-3-1-2-11(14(12)16)8-13(19)18-9-10-4-6-17-7-5-10;/h1-4,17H,5-9H2,(H,18,19);1H. The van der Waals surface area contributed by atoms with Crippen LogP contribution in [0.1, 0.15) is 12.0 Å². The molecule has 0 bridgehead atoms. The maximum atomic E-state index is 13.4. The Labute approximate surface area is 122 Å². The third-order valence-corrected chi connectivity index (χ3v) is 3.05. The second-order valence-corrected chi connectivity index (χ2v) is 4.48. The van der Waals surface area contributed by atoms with Crippen LogP contribution in [-0.2, 0) is 11.2 Å². The number of halogens is 3. The van der Waals surface area contributed by atoms with Gasteiger partial charge in [-0.3, -0.25) is 4.79 Å². The Morgan fingerprint density at radius 2 is 2.15 bits per heavy atom.